The van der Waals surface area contributed by atoms with E-state index in [2.05, 4.69) is 5.32 Å². The number of nitrogens with one attached hydrogen (secondary N) is 1. The van der Waals surface area contributed by atoms with Gasteiger partial charge in [0, 0.05) is 6.54 Å². The monoisotopic (exact) mass is 228 g/mol. The zero-order valence-corrected chi connectivity index (χ0v) is 10.1. The molecule has 4 heteroatoms. The molecule has 0 bridgehead atoms. The van der Waals surface area contributed by atoms with Crippen molar-refractivity contribution in [1.29, 1.82) is 0 Å². The van der Waals surface area contributed by atoms with Gasteiger partial charge in [0.15, 0.2) is 0 Å². The summed E-state index contributed by atoms with van der Waals surface area (Å²) in [5, 5.41) is 12.7. The first-order valence-corrected chi connectivity index (χ1v) is 6.37. The van der Waals surface area contributed by atoms with Crippen molar-refractivity contribution in [3.05, 3.63) is 0 Å². The maximum Gasteiger partial charge on any atom is 0.224 e. The molecule has 0 aromatic heterocycles. The molecule has 0 heterocycles. The van der Waals surface area contributed by atoms with Crippen LogP contribution in [0, 0.1) is 5.92 Å². The summed E-state index contributed by atoms with van der Waals surface area (Å²) in [5.74, 6) is -0.0885. The van der Waals surface area contributed by atoms with Gasteiger partial charge in [-0.15, -0.1) is 0 Å². The van der Waals surface area contributed by atoms with E-state index >= 15 is 0 Å². The molecule has 1 aliphatic rings. The molecular formula is C12H24N2O2. The second-order valence-electron chi connectivity index (χ2n) is 4.69. The van der Waals surface area contributed by atoms with Crippen molar-refractivity contribution in [2.24, 2.45) is 11.7 Å². The van der Waals surface area contributed by atoms with E-state index in [0.29, 0.717) is 6.54 Å². The standard InChI is InChI=1S/C12H24N2O2/c1-2-5-9(8-13)12(16)14-10-6-3-4-7-11(10)15/h9-11,15H,2-8,13H2,1H3,(H,14,16)/t9?,10-,11-/m0/s1. The quantitative estimate of drug-likeness (QED) is 0.651. The Kier molecular flexibility index (Phi) is 5.77. The van der Waals surface area contributed by atoms with Crippen molar-refractivity contribution in [3.63, 3.8) is 0 Å². The molecule has 16 heavy (non-hydrogen) atoms. The lowest BCUT2D eigenvalue weighted by molar-refractivity contribution is -0.126. The molecule has 3 atom stereocenters. The number of aliphatic hydroxyl groups excluding tert-OH is 1. The molecule has 1 rings (SSSR count). The van der Waals surface area contributed by atoms with Gasteiger partial charge < -0.3 is 16.2 Å². The van der Waals surface area contributed by atoms with E-state index in [1.54, 1.807) is 0 Å². The summed E-state index contributed by atoms with van der Waals surface area (Å²) < 4.78 is 0. The van der Waals surface area contributed by atoms with Crippen LogP contribution in [0.15, 0.2) is 0 Å². The Labute approximate surface area is 97.6 Å². The largest absolute Gasteiger partial charge is 0.391 e. The van der Waals surface area contributed by atoms with Gasteiger partial charge in [0.25, 0.3) is 0 Å². The summed E-state index contributed by atoms with van der Waals surface area (Å²) in [6, 6.07) is -0.0628. The molecule has 1 amide bonds. The molecular weight excluding hydrogens is 204 g/mol. The molecule has 0 saturated heterocycles. The Balaban J connectivity index is 2.41. The van der Waals surface area contributed by atoms with E-state index < -0.39 is 0 Å². The summed E-state index contributed by atoms with van der Waals surface area (Å²) in [6.07, 6.45) is 5.24. The summed E-state index contributed by atoms with van der Waals surface area (Å²) in [5.41, 5.74) is 5.58. The summed E-state index contributed by atoms with van der Waals surface area (Å²) >= 11 is 0. The number of rotatable bonds is 5. The van der Waals surface area contributed by atoms with Crippen LogP contribution in [0.4, 0.5) is 0 Å². The minimum Gasteiger partial charge on any atom is -0.391 e. The minimum atomic E-state index is -0.377. The molecule has 1 saturated carbocycles. The van der Waals surface area contributed by atoms with Crippen molar-refractivity contribution in [2.45, 2.75) is 57.6 Å². The van der Waals surface area contributed by atoms with Crippen LogP contribution in [0.25, 0.3) is 0 Å². The van der Waals surface area contributed by atoms with Gasteiger partial charge in [0.1, 0.15) is 0 Å². The molecule has 1 aliphatic carbocycles. The Morgan fingerprint density at radius 2 is 2.19 bits per heavy atom. The third-order valence-corrected chi connectivity index (χ3v) is 3.35. The molecule has 0 spiro atoms. The van der Waals surface area contributed by atoms with Crippen molar-refractivity contribution in [3.8, 4) is 0 Å². The van der Waals surface area contributed by atoms with E-state index in [0.717, 1.165) is 38.5 Å². The van der Waals surface area contributed by atoms with E-state index in [1.807, 2.05) is 6.92 Å². The van der Waals surface area contributed by atoms with Gasteiger partial charge in [-0.1, -0.05) is 26.2 Å². The minimum absolute atomic E-state index is 0.00954. The molecule has 1 fully saturated rings. The Bertz CT molecular complexity index is 221. The first-order chi connectivity index (χ1) is 7.69. The van der Waals surface area contributed by atoms with E-state index in [-0.39, 0.29) is 24.0 Å². The van der Waals surface area contributed by atoms with Gasteiger partial charge in [0.05, 0.1) is 18.1 Å². The maximum absolute atomic E-state index is 11.9. The number of nitrogens with two attached hydrogens (primary N) is 1. The fraction of sp³-hybridized carbons (Fsp3) is 0.917. The van der Waals surface area contributed by atoms with Crippen LogP contribution in [-0.4, -0.2) is 29.7 Å². The smallest absolute Gasteiger partial charge is 0.224 e. The van der Waals surface area contributed by atoms with Crippen LogP contribution in [0.5, 0.6) is 0 Å². The third-order valence-electron chi connectivity index (χ3n) is 3.35. The molecule has 0 aromatic carbocycles. The predicted molar refractivity (Wildman–Crippen MR) is 63.9 cm³/mol. The Hall–Kier alpha value is -0.610. The van der Waals surface area contributed by atoms with Gasteiger partial charge in [-0.2, -0.15) is 0 Å². The molecule has 0 aliphatic heterocycles. The number of hydrogen-bond acceptors (Lipinski definition) is 3. The number of hydrogen-bond donors (Lipinski definition) is 3. The van der Waals surface area contributed by atoms with Crippen LogP contribution < -0.4 is 11.1 Å². The van der Waals surface area contributed by atoms with Crippen molar-refractivity contribution < 1.29 is 9.90 Å². The van der Waals surface area contributed by atoms with Crippen LogP contribution in [0.1, 0.15) is 45.4 Å². The van der Waals surface area contributed by atoms with Crippen LogP contribution >= 0.6 is 0 Å². The summed E-state index contributed by atoms with van der Waals surface area (Å²) in [7, 11) is 0. The average molecular weight is 228 g/mol. The van der Waals surface area contributed by atoms with E-state index in [1.165, 1.54) is 0 Å². The lowest BCUT2D eigenvalue weighted by atomic mass is 9.91. The van der Waals surface area contributed by atoms with Crippen LogP contribution in [0.2, 0.25) is 0 Å². The third kappa shape index (κ3) is 3.76. The highest BCUT2D eigenvalue weighted by atomic mass is 16.3. The zero-order valence-electron chi connectivity index (χ0n) is 10.1. The molecule has 94 valence electrons. The predicted octanol–water partition coefficient (Wildman–Crippen LogP) is 0.781. The van der Waals surface area contributed by atoms with E-state index in [9.17, 15) is 9.90 Å². The summed E-state index contributed by atoms with van der Waals surface area (Å²) in [6.45, 7) is 2.44. The first kappa shape index (κ1) is 13.5. The molecule has 0 aromatic rings. The second kappa shape index (κ2) is 6.86. The molecule has 4 nitrogen and oxygen atoms in total. The summed E-state index contributed by atoms with van der Waals surface area (Å²) in [4.78, 5) is 11.9. The van der Waals surface area contributed by atoms with E-state index in [4.69, 9.17) is 5.73 Å². The highest BCUT2D eigenvalue weighted by Crippen LogP contribution is 2.19. The van der Waals surface area contributed by atoms with Crippen LogP contribution in [0.3, 0.4) is 0 Å². The lowest BCUT2D eigenvalue weighted by Gasteiger charge is -2.29. The maximum atomic E-state index is 11.9. The van der Waals surface area contributed by atoms with Crippen molar-refractivity contribution >= 4 is 5.91 Å². The Morgan fingerprint density at radius 3 is 2.75 bits per heavy atom. The highest BCUT2D eigenvalue weighted by Gasteiger charge is 2.26. The van der Waals surface area contributed by atoms with Gasteiger partial charge in [0.2, 0.25) is 5.91 Å². The fourth-order valence-corrected chi connectivity index (χ4v) is 2.28. The van der Waals surface area contributed by atoms with Crippen LogP contribution in [-0.2, 0) is 4.79 Å². The van der Waals surface area contributed by atoms with Gasteiger partial charge in [-0.05, 0) is 19.3 Å². The number of carbonyl (C=O) groups excluding carboxylic acids is 1. The SMILES string of the molecule is CCCC(CN)C(=O)N[C@H]1CCCC[C@@H]1O. The average Bonchev–Trinajstić information content (AvgIpc) is 2.29. The van der Waals surface area contributed by atoms with Gasteiger partial charge in [-0.3, -0.25) is 4.79 Å². The molecule has 0 radical (unpaired) electrons. The van der Waals surface area contributed by atoms with Gasteiger partial charge in [-0.25, -0.2) is 0 Å². The molecule has 1 unspecified atom stereocenters. The highest BCUT2D eigenvalue weighted by molar-refractivity contribution is 5.79. The van der Waals surface area contributed by atoms with Crippen molar-refractivity contribution in [2.75, 3.05) is 6.54 Å². The second-order valence-corrected chi connectivity index (χ2v) is 4.69. The van der Waals surface area contributed by atoms with Crippen molar-refractivity contribution in [1.82, 2.24) is 5.32 Å². The van der Waals surface area contributed by atoms with Gasteiger partial charge >= 0.3 is 0 Å². The molecule has 4 N–H and O–H groups in total. The fourth-order valence-electron chi connectivity index (χ4n) is 2.28. The number of aliphatic hydroxyl groups is 1. The normalized spacial score (nSPS) is 27.4. The Morgan fingerprint density at radius 1 is 1.50 bits per heavy atom. The number of carbonyl (C=O) groups is 1. The topological polar surface area (TPSA) is 75.4 Å². The lowest BCUT2D eigenvalue weighted by Crippen LogP contribution is -2.48. The first-order valence-electron chi connectivity index (χ1n) is 6.37. The number of amides is 1. The zero-order chi connectivity index (χ0) is 12.0.